The van der Waals surface area contributed by atoms with Crippen LogP contribution in [0.4, 0.5) is 0 Å². The first-order valence-electron chi connectivity index (χ1n) is 5.84. The second-order valence-electron chi connectivity index (χ2n) is 4.13. The summed E-state index contributed by atoms with van der Waals surface area (Å²) in [7, 11) is 0. The van der Waals surface area contributed by atoms with Crippen LogP contribution in [-0.2, 0) is 0 Å². The summed E-state index contributed by atoms with van der Waals surface area (Å²) in [5, 5.41) is 0. The maximum absolute atomic E-state index is 3.60. The van der Waals surface area contributed by atoms with Crippen molar-refractivity contribution in [1.82, 2.24) is 0 Å². The maximum atomic E-state index is 3.60. The van der Waals surface area contributed by atoms with E-state index in [0.29, 0.717) is 4.83 Å². The van der Waals surface area contributed by atoms with Crippen LogP contribution in [0.2, 0.25) is 0 Å². The molecule has 1 unspecified atom stereocenters. The largest absolute Gasteiger partial charge is 0.0848 e. The molecule has 0 aliphatic rings. The van der Waals surface area contributed by atoms with Crippen molar-refractivity contribution in [2.24, 2.45) is 0 Å². The maximum Gasteiger partial charge on any atom is 0.0306 e. The molecule has 0 nitrogen and oxygen atoms in total. The number of hydrogen-bond acceptors (Lipinski definition) is 0. The van der Waals surface area contributed by atoms with Gasteiger partial charge in [-0.3, -0.25) is 0 Å². The van der Waals surface area contributed by atoms with Crippen LogP contribution in [0.15, 0.2) is 65.1 Å². The lowest BCUT2D eigenvalue weighted by Gasteiger charge is -2.10. The predicted molar refractivity (Wildman–Crippen MR) is 86.1 cm³/mol. The molecule has 18 heavy (non-hydrogen) atoms. The zero-order valence-corrected chi connectivity index (χ0v) is 13.3. The molecular formula is C16H14Br2. The molecule has 2 aromatic carbocycles. The topological polar surface area (TPSA) is 0 Å². The van der Waals surface area contributed by atoms with Gasteiger partial charge in [-0.25, -0.2) is 0 Å². The molecule has 0 fully saturated rings. The first kappa shape index (κ1) is 13.6. The van der Waals surface area contributed by atoms with Crippen LogP contribution in [-0.4, -0.2) is 4.83 Å². The second kappa shape index (κ2) is 6.35. The van der Waals surface area contributed by atoms with Crippen LogP contribution >= 0.6 is 31.9 Å². The molecule has 0 aromatic heterocycles. The lowest BCUT2D eigenvalue weighted by atomic mass is 9.97. The van der Waals surface area contributed by atoms with E-state index >= 15 is 0 Å². The van der Waals surface area contributed by atoms with Crippen molar-refractivity contribution in [3.8, 4) is 0 Å². The minimum atomic E-state index is 0.344. The molecule has 0 saturated heterocycles. The van der Waals surface area contributed by atoms with Gasteiger partial charge in [0, 0.05) is 9.30 Å². The number of halogens is 2. The Morgan fingerprint density at radius 2 is 1.50 bits per heavy atom. The van der Waals surface area contributed by atoms with Crippen LogP contribution in [0.25, 0.3) is 5.57 Å². The quantitative estimate of drug-likeness (QED) is 0.615. The lowest BCUT2D eigenvalue weighted by Crippen LogP contribution is -1.92. The van der Waals surface area contributed by atoms with Gasteiger partial charge >= 0.3 is 0 Å². The van der Waals surface area contributed by atoms with Crippen molar-refractivity contribution in [2.75, 3.05) is 0 Å². The van der Waals surface area contributed by atoms with Gasteiger partial charge in [0.25, 0.3) is 0 Å². The van der Waals surface area contributed by atoms with Gasteiger partial charge in [-0.05, 0) is 35.8 Å². The Hall–Kier alpha value is -0.860. The average molecular weight is 366 g/mol. The summed E-state index contributed by atoms with van der Waals surface area (Å²) in [6, 6.07) is 18.9. The lowest BCUT2D eigenvalue weighted by molar-refractivity contribution is 1.27. The summed E-state index contributed by atoms with van der Waals surface area (Å²) in [4.78, 5) is 0.344. The number of allylic oxidation sites excluding steroid dienone is 1. The van der Waals surface area contributed by atoms with E-state index in [2.05, 4.69) is 93.4 Å². The zero-order valence-electron chi connectivity index (χ0n) is 10.1. The number of hydrogen-bond donors (Lipinski definition) is 0. The third-order valence-corrected chi connectivity index (χ3v) is 3.43. The molecule has 0 spiro atoms. The molecule has 0 bridgehead atoms. The van der Waals surface area contributed by atoms with E-state index in [1.807, 2.05) is 6.07 Å². The summed E-state index contributed by atoms with van der Waals surface area (Å²) in [6.45, 7) is 2.13. The fourth-order valence-electron chi connectivity index (χ4n) is 1.84. The van der Waals surface area contributed by atoms with Gasteiger partial charge in [0.2, 0.25) is 0 Å². The first-order valence-corrected chi connectivity index (χ1v) is 7.55. The molecule has 2 heteroatoms. The van der Waals surface area contributed by atoms with Crippen LogP contribution < -0.4 is 0 Å². The molecule has 2 aromatic rings. The zero-order chi connectivity index (χ0) is 13.0. The third kappa shape index (κ3) is 3.56. The Labute approximate surface area is 125 Å². The van der Waals surface area contributed by atoms with Crippen molar-refractivity contribution < 1.29 is 0 Å². The smallest absolute Gasteiger partial charge is 0.0306 e. The predicted octanol–water partition coefficient (Wildman–Crippen LogP) is 5.66. The Morgan fingerprint density at radius 3 is 2.06 bits per heavy atom. The van der Waals surface area contributed by atoms with E-state index < -0.39 is 0 Å². The SMILES string of the molecule is CC(Br)C=C(c1ccccc1)c1ccc(Br)cc1. The molecule has 0 aliphatic heterocycles. The highest BCUT2D eigenvalue weighted by atomic mass is 79.9. The van der Waals surface area contributed by atoms with Crippen molar-refractivity contribution in [3.63, 3.8) is 0 Å². The summed E-state index contributed by atoms with van der Waals surface area (Å²) in [5.74, 6) is 0. The monoisotopic (exact) mass is 364 g/mol. The van der Waals surface area contributed by atoms with E-state index in [0.717, 1.165) is 4.47 Å². The average Bonchev–Trinajstić information content (AvgIpc) is 2.38. The Bertz CT molecular complexity index is 525. The molecule has 0 heterocycles. The molecule has 0 N–H and O–H groups in total. The highest BCUT2D eigenvalue weighted by Crippen LogP contribution is 2.26. The Balaban J connectivity index is 2.47. The highest BCUT2D eigenvalue weighted by Gasteiger charge is 2.05. The van der Waals surface area contributed by atoms with E-state index in [-0.39, 0.29) is 0 Å². The normalized spacial score (nSPS) is 13.4. The number of benzene rings is 2. The number of rotatable bonds is 3. The van der Waals surface area contributed by atoms with Crippen molar-refractivity contribution in [3.05, 3.63) is 76.3 Å². The van der Waals surface area contributed by atoms with Crippen LogP contribution in [0.3, 0.4) is 0 Å². The number of alkyl halides is 1. The fourth-order valence-corrected chi connectivity index (χ4v) is 2.36. The second-order valence-corrected chi connectivity index (χ2v) is 6.49. The fraction of sp³-hybridized carbons (Fsp3) is 0.125. The molecule has 1 atom stereocenters. The van der Waals surface area contributed by atoms with Crippen LogP contribution in [0, 0.1) is 0 Å². The molecule has 2 rings (SSSR count). The highest BCUT2D eigenvalue weighted by molar-refractivity contribution is 9.10. The molecule has 0 saturated carbocycles. The minimum Gasteiger partial charge on any atom is -0.0848 e. The molecule has 0 radical (unpaired) electrons. The van der Waals surface area contributed by atoms with Gasteiger partial charge in [-0.15, -0.1) is 0 Å². The van der Waals surface area contributed by atoms with Crippen molar-refractivity contribution in [1.29, 1.82) is 0 Å². The summed E-state index contributed by atoms with van der Waals surface area (Å²) in [5.41, 5.74) is 3.73. The standard InChI is InChI=1S/C16H14Br2/c1-12(17)11-16(13-5-3-2-4-6-13)14-7-9-15(18)10-8-14/h2-12H,1H3. The summed E-state index contributed by atoms with van der Waals surface area (Å²) >= 11 is 7.07. The van der Waals surface area contributed by atoms with E-state index in [1.54, 1.807) is 0 Å². The van der Waals surface area contributed by atoms with Gasteiger partial charge < -0.3 is 0 Å². The Morgan fingerprint density at radius 1 is 0.944 bits per heavy atom. The van der Waals surface area contributed by atoms with Crippen LogP contribution in [0.5, 0.6) is 0 Å². The minimum absolute atomic E-state index is 0.344. The third-order valence-electron chi connectivity index (χ3n) is 2.64. The van der Waals surface area contributed by atoms with Gasteiger partial charge in [0.15, 0.2) is 0 Å². The molecule has 0 aliphatic carbocycles. The van der Waals surface area contributed by atoms with Crippen molar-refractivity contribution in [2.45, 2.75) is 11.8 Å². The first-order chi connectivity index (χ1) is 8.66. The van der Waals surface area contributed by atoms with Gasteiger partial charge in [0.05, 0.1) is 0 Å². The molecule has 0 amide bonds. The summed E-state index contributed by atoms with van der Waals surface area (Å²) < 4.78 is 1.10. The van der Waals surface area contributed by atoms with E-state index in [9.17, 15) is 0 Å². The van der Waals surface area contributed by atoms with Gasteiger partial charge in [-0.2, -0.15) is 0 Å². The Kier molecular flexibility index (Phi) is 4.79. The van der Waals surface area contributed by atoms with Crippen LogP contribution in [0.1, 0.15) is 18.1 Å². The summed E-state index contributed by atoms with van der Waals surface area (Å²) in [6.07, 6.45) is 2.23. The van der Waals surface area contributed by atoms with E-state index in [1.165, 1.54) is 16.7 Å². The van der Waals surface area contributed by atoms with Gasteiger partial charge in [0.1, 0.15) is 0 Å². The molecule has 92 valence electrons. The van der Waals surface area contributed by atoms with Gasteiger partial charge in [-0.1, -0.05) is 80.4 Å². The van der Waals surface area contributed by atoms with E-state index in [4.69, 9.17) is 0 Å². The molecular weight excluding hydrogens is 352 g/mol. The van der Waals surface area contributed by atoms with Crippen molar-refractivity contribution >= 4 is 37.4 Å².